The summed E-state index contributed by atoms with van der Waals surface area (Å²) in [5.74, 6) is -0.200. The van der Waals surface area contributed by atoms with Crippen LogP contribution in [0.15, 0.2) is 6.07 Å². The van der Waals surface area contributed by atoms with Crippen LogP contribution in [0.4, 0.5) is 14.5 Å². The van der Waals surface area contributed by atoms with Gasteiger partial charge in [-0.15, -0.1) is 11.6 Å². The Labute approximate surface area is 102 Å². The predicted molar refractivity (Wildman–Crippen MR) is 58.1 cm³/mol. The van der Waals surface area contributed by atoms with Crippen LogP contribution in [-0.2, 0) is 5.88 Å². The van der Waals surface area contributed by atoms with E-state index in [-0.39, 0.29) is 20.8 Å². The molecule has 0 aromatic carbocycles. The van der Waals surface area contributed by atoms with Crippen LogP contribution in [0.25, 0.3) is 0 Å². The van der Waals surface area contributed by atoms with Crippen LogP contribution in [0.1, 0.15) is 17.7 Å². The predicted octanol–water partition coefficient (Wildman–Crippen LogP) is 3.27. The maximum atomic E-state index is 12.3. The van der Waals surface area contributed by atoms with Gasteiger partial charge in [-0.1, -0.05) is 0 Å². The molecular weight excluding hydrogens is 344 g/mol. The van der Waals surface area contributed by atoms with Gasteiger partial charge in [0.05, 0.1) is 10.8 Å². The number of nitro groups is 1. The topological polar surface area (TPSA) is 56.0 Å². The summed E-state index contributed by atoms with van der Waals surface area (Å²) in [7, 11) is 0. The van der Waals surface area contributed by atoms with Crippen LogP contribution < -0.4 is 0 Å². The molecule has 15 heavy (non-hydrogen) atoms. The molecule has 4 nitrogen and oxygen atoms in total. The first-order chi connectivity index (χ1) is 6.97. The Bertz CT molecular complexity index is 403. The smallest absolute Gasteiger partial charge is 0.258 e. The maximum Gasteiger partial charge on any atom is 0.305 e. The zero-order chi connectivity index (χ0) is 11.6. The number of hydrogen-bond donors (Lipinski definition) is 0. The molecule has 1 heterocycles. The fourth-order valence-electron chi connectivity index (χ4n) is 0.984. The molecule has 0 radical (unpaired) electrons. The highest BCUT2D eigenvalue weighted by atomic mass is 127. The Morgan fingerprint density at radius 1 is 1.67 bits per heavy atom. The fraction of sp³-hybridized carbons (Fsp3) is 0.286. The third-order valence-electron chi connectivity index (χ3n) is 1.60. The van der Waals surface area contributed by atoms with E-state index in [2.05, 4.69) is 4.98 Å². The van der Waals surface area contributed by atoms with Crippen molar-refractivity contribution in [2.75, 3.05) is 0 Å². The van der Waals surface area contributed by atoms with Gasteiger partial charge in [0, 0.05) is 5.56 Å². The zero-order valence-corrected chi connectivity index (χ0v) is 10.00. The first-order valence-electron chi connectivity index (χ1n) is 3.65. The van der Waals surface area contributed by atoms with Gasteiger partial charge in [-0.05, 0) is 28.7 Å². The molecule has 1 aromatic rings. The standard InChI is InChI=1S/C7H4ClF2IN2O2/c8-2-3-1-4(6(9)10)12-7(11)5(3)13(14)15/h1,6H,2H2. The lowest BCUT2D eigenvalue weighted by atomic mass is 10.2. The number of pyridine rings is 1. The quantitative estimate of drug-likeness (QED) is 0.277. The van der Waals surface area contributed by atoms with Gasteiger partial charge in [0.15, 0.2) is 3.70 Å². The number of halogens is 4. The third kappa shape index (κ3) is 2.71. The van der Waals surface area contributed by atoms with Crippen molar-refractivity contribution in [3.63, 3.8) is 0 Å². The molecule has 82 valence electrons. The molecule has 0 bridgehead atoms. The van der Waals surface area contributed by atoms with E-state index in [1.54, 1.807) is 0 Å². The number of nitrogens with zero attached hydrogens (tertiary/aromatic N) is 2. The van der Waals surface area contributed by atoms with Gasteiger partial charge in [0.2, 0.25) is 0 Å². The second kappa shape index (κ2) is 4.97. The van der Waals surface area contributed by atoms with Gasteiger partial charge in [-0.25, -0.2) is 13.8 Å². The molecule has 0 aliphatic rings. The number of hydrogen-bond acceptors (Lipinski definition) is 3. The second-order valence-electron chi connectivity index (χ2n) is 2.54. The molecule has 0 amide bonds. The second-order valence-corrected chi connectivity index (χ2v) is 3.83. The SMILES string of the molecule is O=[N+]([O-])c1c(CCl)cc(C(F)F)nc1I. The minimum atomic E-state index is -2.76. The number of alkyl halides is 3. The molecule has 0 fully saturated rings. The summed E-state index contributed by atoms with van der Waals surface area (Å²) < 4.78 is 24.6. The normalized spacial score (nSPS) is 10.7. The van der Waals surface area contributed by atoms with Crippen molar-refractivity contribution >= 4 is 39.9 Å². The summed E-state index contributed by atoms with van der Waals surface area (Å²) in [5, 5.41) is 10.6. The highest BCUT2D eigenvalue weighted by molar-refractivity contribution is 14.1. The molecular formula is C7H4ClF2IN2O2. The lowest BCUT2D eigenvalue weighted by Crippen LogP contribution is -2.03. The van der Waals surface area contributed by atoms with E-state index in [4.69, 9.17) is 11.6 Å². The van der Waals surface area contributed by atoms with Gasteiger partial charge in [0.25, 0.3) is 6.43 Å². The van der Waals surface area contributed by atoms with Crippen molar-refractivity contribution in [1.82, 2.24) is 4.98 Å². The average molecular weight is 348 g/mol. The highest BCUT2D eigenvalue weighted by Crippen LogP contribution is 2.29. The van der Waals surface area contributed by atoms with Crippen LogP contribution in [0.5, 0.6) is 0 Å². The van der Waals surface area contributed by atoms with Crippen molar-refractivity contribution in [2.45, 2.75) is 12.3 Å². The molecule has 0 saturated heterocycles. The Morgan fingerprint density at radius 2 is 2.27 bits per heavy atom. The minimum Gasteiger partial charge on any atom is -0.258 e. The Kier molecular flexibility index (Phi) is 4.14. The van der Waals surface area contributed by atoms with Crippen LogP contribution in [0, 0.1) is 13.8 Å². The summed E-state index contributed by atoms with van der Waals surface area (Å²) in [4.78, 5) is 13.4. The monoisotopic (exact) mass is 348 g/mol. The molecule has 1 rings (SSSR count). The zero-order valence-electron chi connectivity index (χ0n) is 7.08. The van der Waals surface area contributed by atoms with E-state index in [0.29, 0.717) is 0 Å². The molecule has 8 heteroatoms. The van der Waals surface area contributed by atoms with Crippen molar-refractivity contribution in [3.05, 3.63) is 31.1 Å². The lowest BCUT2D eigenvalue weighted by Gasteiger charge is -2.04. The summed E-state index contributed by atoms with van der Waals surface area (Å²) >= 11 is 6.98. The number of rotatable bonds is 3. The molecule has 0 aliphatic carbocycles. The molecule has 0 aliphatic heterocycles. The van der Waals surface area contributed by atoms with Crippen molar-refractivity contribution < 1.29 is 13.7 Å². The average Bonchev–Trinajstić information content (AvgIpc) is 2.15. The van der Waals surface area contributed by atoms with E-state index in [9.17, 15) is 18.9 Å². The fourth-order valence-corrected chi connectivity index (χ4v) is 2.01. The third-order valence-corrected chi connectivity index (χ3v) is 2.64. The summed E-state index contributed by atoms with van der Waals surface area (Å²) in [6, 6.07) is 0.956. The first kappa shape index (κ1) is 12.5. The highest BCUT2D eigenvalue weighted by Gasteiger charge is 2.23. The van der Waals surface area contributed by atoms with Gasteiger partial charge in [0.1, 0.15) is 5.69 Å². The van der Waals surface area contributed by atoms with Gasteiger partial charge < -0.3 is 0 Å². The summed E-state index contributed by atoms with van der Waals surface area (Å²) in [5.41, 5.74) is -0.757. The Balaban J connectivity index is 3.37. The van der Waals surface area contributed by atoms with Crippen LogP contribution >= 0.6 is 34.2 Å². The molecule has 0 atom stereocenters. The van der Waals surface area contributed by atoms with Crippen LogP contribution in [-0.4, -0.2) is 9.91 Å². The van der Waals surface area contributed by atoms with Crippen LogP contribution in [0.2, 0.25) is 0 Å². The summed E-state index contributed by atoms with van der Waals surface area (Å²) in [6.45, 7) is 0. The Morgan fingerprint density at radius 3 is 2.67 bits per heavy atom. The Hall–Kier alpha value is -0.570. The first-order valence-corrected chi connectivity index (χ1v) is 5.26. The van der Waals surface area contributed by atoms with E-state index in [0.717, 1.165) is 6.07 Å². The van der Waals surface area contributed by atoms with Crippen molar-refractivity contribution in [3.8, 4) is 0 Å². The molecule has 0 N–H and O–H groups in total. The summed E-state index contributed by atoms with van der Waals surface area (Å²) in [6.07, 6.45) is -2.76. The molecule has 0 spiro atoms. The van der Waals surface area contributed by atoms with E-state index in [1.165, 1.54) is 22.6 Å². The van der Waals surface area contributed by atoms with Crippen molar-refractivity contribution in [1.29, 1.82) is 0 Å². The van der Waals surface area contributed by atoms with Gasteiger partial charge in [-0.2, -0.15) is 0 Å². The lowest BCUT2D eigenvalue weighted by molar-refractivity contribution is -0.386. The van der Waals surface area contributed by atoms with E-state index in [1.807, 2.05) is 0 Å². The van der Waals surface area contributed by atoms with E-state index < -0.39 is 17.0 Å². The van der Waals surface area contributed by atoms with Crippen molar-refractivity contribution in [2.24, 2.45) is 0 Å². The molecule has 1 aromatic heterocycles. The van der Waals surface area contributed by atoms with Crippen LogP contribution in [0.3, 0.4) is 0 Å². The minimum absolute atomic E-state index is 0.0522. The molecule has 0 saturated carbocycles. The van der Waals surface area contributed by atoms with Gasteiger partial charge in [-0.3, -0.25) is 10.1 Å². The number of aromatic nitrogens is 1. The van der Waals surface area contributed by atoms with Gasteiger partial charge >= 0.3 is 5.69 Å². The maximum absolute atomic E-state index is 12.3. The molecule has 0 unspecified atom stereocenters. The largest absolute Gasteiger partial charge is 0.305 e. The van der Waals surface area contributed by atoms with E-state index >= 15 is 0 Å².